The van der Waals surface area contributed by atoms with Crippen LogP contribution in [-0.2, 0) is 14.3 Å². The predicted molar refractivity (Wildman–Crippen MR) is 50.9 cm³/mol. The van der Waals surface area contributed by atoms with Gasteiger partial charge < -0.3 is 9.84 Å². The Labute approximate surface area is 83.4 Å². The minimum atomic E-state index is -1.000. The topological polar surface area (TPSA) is 75.6 Å². The van der Waals surface area contributed by atoms with E-state index in [2.05, 4.69) is 5.32 Å². The number of carbonyl (C=O) groups is 2. The maximum absolute atomic E-state index is 11.3. The summed E-state index contributed by atoms with van der Waals surface area (Å²) in [6.45, 7) is 6.59. The summed E-state index contributed by atoms with van der Waals surface area (Å²) in [6, 6.07) is -0.606. The Morgan fingerprint density at radius 3 is 2.29 bits per heavy atom. The number of hydrogen-bond donors (Lipinski definition) is 2. The summed E-state index contributed by atoms with van der Waals surface area (Å²) in [5, 5.41) is 10.9. The quantitative estimate of drug-likeness (QED) is 0.646. The number of carbonyl (C=O) groups excluding carboxylic acids is 1. The van der Waals surface area contributed by atoms with Crippen LogP contribution >= 0.6 is 0 Å². The first-order chi connectivity index (χ1) is 6.22. The van der Waals surface area contributed by atoms with Crippen molar-refractivity contribution in [3.05, 3.63) is 0 Å². The van der Waals surface area contributed by atoms with E-state index in [0.717, 1.165) is 0 Å². The van der Waals surface area contributed by atoms with E-state index in [-0.39, 0.29) is 6.54 Å². The van der Waals surface area contributed by atoms with Gasteiger partial charge in [0.05, 0.1) is 6.54 Å². The summed E-state index contributed by atoms with van der Waals surface area (Å²) in [6.07, 6.45) is 0. The Hall–Kier alpha value is -1.10. The van der Waals surface area contributed by atoms with E-state index in [4.69, 9.17) is 9.84 Å². The van der Waals surface area contributed by atoms with Crippen LogP contribution in [0.1, 0.15) is 27.7 Å². The van der Waals surface area contributed by atoms with Crippen LogP contribution in [0.5, 0.6) is 0 Å². The molecule has 0 amide bonds. The molecule has 0 radical (unpaired) electrons. The number of rotatable bonds is 4. The third-order valence-electron chi connectivity index (χ3n) is 1.32. The Morgan fingerprint density at radius 1 is 1.43 bits per heavy atom. The van der Waals surface area contributed by atoms with Gasteiger partial charge in [-0.05, 0) is 27.7 Å². The number of hydrogen-bond acceptors (Lipinski definition) is 4. The molecule has 0 bridgehead atoms. The van der Waals surface area contributed by atoms with Gasteiger partial charge in [0, 0.05) is 0 Å². The molecular formula is C9H17NO4. The highest BCUT2D eigenvalue weighted by Gasteiger charge is 2.21. The molecule has 0 heterocycles. The average molecular weight is 203 g/mol. The highest BCUT2D eigenvalue weighted by molar-refractivity contribution is 5.77. The molecule has 0 aromatic heterocycles. The van der Waals surface area contributed by atoms with Crippen LogP contribution in [-0.4, -0.2) is 35.2 Å². The van der Waals surface area contributed by atoms with Gasteiger partial charge in [0.1, 0.15) is 11.6 Å². The summed E-state index contributed by atoms with van der Waals surface area (Å²) in [4.78, 5) is 21.5. The number of nitrogens with one attached hydrogen (secondary N) is 1. The van der Waals surface area contributed by atoms with Gasteiger partial charge in [-0.15, -0.1) is 0 Å². The van der Waals surface area contributed by atoms with Gasteiger partial charge in [-0.3, -0.25) is 14.9 Å². The Morgan fingerprint density at radius 2 is 1.93 bits per heavy atom. The molecule has 0 aromatic rings. The lowest BCUT2D eigenvalue weighted by Crippen LogP contribution is -2.41. The SMILES string of the molecule is C[C@H](NCC(=O)O)C(=O)OC(C)(C)C. The number of carboxylic acids is 1. The zero-order valence-corrected chi connectivity index (χ0v) is 8.96. The average Bonchev–Trinajstić information content (AvgIpc) is 1.96. The molecule has 0 fully saturated rings. The monoisotopic (exact) mass is 203 g/mol. The largest absolute Gasteiger partial charge is 0.480 e. The first-order valence-corrected chi connectivity index (χ1v) is 4.40. The molecule has 5 nitrogen and oxygen atoms in total. The highest BCUT2D eigenvalue weighted by atomic mass is 16.6. The third-order valence-corrected chi connectivity index (χ3v) is 1.32. The van der Waals surface area contributed by atoms with E-state index in [1.54, 1.807) is 27.7 Å². The van der Waals surface area contributed by atoms with Crippen LogP contribution in [0.15, 0.2) is 0 Å². The molecule has 82 valence electrons. The first-order valence-electron chi connectivity index (χ1n) is 4.40. The van der Waals surface area contributed by atoms with Gasteiger partial charge in [-0.2, -0.15) is 0 Å². The van der Waals surface area contributed by atoms with Crippen molar-refractivity contribution in [1.82, 2.24) is 5.32 Å². The smallest absolute Gasteiger partial charge is 0.323 e. The fourth-order valence-corrected chi connectivity index (χ4v) is 0.714. The molecule has 5 heteroatoms. The standard InChI is InChI=1S/C9H17NO4/c1-6(10-5-7(11)12)8(13)14-9(2,3)4/h6,10H,5H2,1-4H3,(H,11,12)/t6-/m0/s1. The Balaban J connectivity index is 3.94. The zero-order chi connectivity index (χ0) is 11.4. The highest BCUT2D eigenvalue weighted by Crippen LogP contribution is 2.07. The summed E-state index contributed by atoms with van der Waals surface area (Å²) in [7, 11) is 0. The molecule has 0 unspecified atom stereocenters. The van der Waals surface area contributed by atoms with Crippen molar-refractivity contribution in [3.8, 4) is 0 Å². The fourth-order valence-electron chi connectivity index (χ4n) is 0.714. The number of esters is 1. The van der Waals surface area contributed by atoms with E-state index in [9.17, 15) is 9.59 Å². The van der Waals surface area contributed by atoms with Crippen molar-refractivity contribution in [1.29, 1.82) is 0 Å². The zero-order valence-electron chi connectivity index (χ0n) is 8.96. The van der Waals surface area contributed by atoms with Crippen LogP contribution in [0.3, 0.4) is 0 Å². The minimum Gasteiger partial charge on any atom is -0.480 e. The van der Waals surface area contributed by atoms with Crippen molar-refractivity contribution >= 4 is 11.9 Å². The van der Waals surface area contributed by atoms with E-state index < -0.39 is 23.6 Å². The lowest BCUT2D eigenvalue weighted by atomic mass is 10.2. The van der Waals surface area contributed by atoms with Crippen molar-refractivity contribution < 1.29 is 19.4 Å². The summed E-state index contributed by atoms with van der Waals surface area (Å²) in [5.41, 5.74) is -0.545. The van der Waals surface area contributed by atoms with Crippen molar-refractivity contribution in [3.63, 3.8) is 0 Å². The molecule has 2 N–H and O–H groups in total. The fraction of sp³-hybridized carbons (Fsp3) is 0.778. The van der Waals surface area contributed by atoms with E-state index in [0.29, 0.717) is 0 Å². The maximum Gasteiger partial charge on any atom is 0.323 e. The van der Waals surface area contributed by atoms with Crippen LogP contribution in [0.2, 0.25) is 0 Å². The molecule has 0 aliphatic heterocycles. The van der Waals surface area contributed by atoms with E-state index in [1.807, 2.05) is 0 Å². The van der Waals surface area contributed by atoms with Crippen LogP contribution < -0.4 is 5.32 Å². The van der Waals surface area contributed by atoms with Gasteiger partial charge in [0.15, 0.2) is 0 Å². The maximum atomic E-state index is 11.3. The normalized spacial score (nSPS) is 13.4. The number of ether oxygens (including phenoxy) is 1. The molecule has 0 rings (SSSR count). The van der Waals surface area contributed by atoms with Gasteiger partial charge in [-0.1, -0.05) is 0 Å². The first kappa shape index (κ1) is 12.9. The molecular weight excluding hydrogens is 186 g/mol. The number of aliphatic carboxylic acids is 1. The van der Waals surface area contributed by atoms with Gasteiger partial charge >= 0.3 is 11.9 Å². The van der Waals surface area contributed by atoms with Crippen LogP contribution in [0.4, 0.5) is 0 Å². The second kappa shape index (κ2) is 4.95. The second-order valence-corrected chi connectivity index (χ2v) is 4.03. The molecule has 0 saturated heterocycles. The van der Waals surface area contributed by atoms with Crippen LogP contribution in [0.25, 0.3) is 0 Å². The van der Waals surface area contributed by atoms with Crippen molar-refractivity contribution in [2.45, 2.75) is 39.3 Å². The number of carboxylic acid groups (broad SMARTS) is 1. The molecule has 0 spiro atoms. The van der Waals surface area contributed by atoms with Gasteiger partial charge in [-0.25, -0.2) is 0 Å². The van der Waals surface area contributed by atoms with Gasteiger partial charge in [0.2, 0.25) is 0 Å². The van der Waals surface area contributed by atoms with E-state index in [1.165, 1.54) is 0 Å². The molecule has 14 heavy (non-hydrogen) atoms. The molecule has 0 saturated carbocycles. The Bertz CT molecular complexity index is 219. The van der Waals surface area contributed by atoms with Crippen molar-refractivity contribution in [2.75, 3.05) is 6.54 Å². The second-order valence-electron chi connectivity index (χ2n) is 4.03. The molecule has 0 aliphatic rings. The Kier molecular flexibility index (Phi) is 4.56. The lowest BCUT2D eigenvalue weighted by Gasteiger charge is -2.22. The summed E-state index contributed by atoms with van der Waals surface area (Å²) < 4.78 is 5.04. The summed E-state index contributed by atoms with van der Waals surface area (Å²) >= 11 is 0. The predicted octanol–water partition coefficient (Wildman–Crippen LogP) is 0.391. The molecule has 0 aromatic carbocycles. The summed E-state index contributed by atoms with van der Waals surface area (Å²) in [5.74, 6) is -1.45. The van der Waals surface area contributed by atoms with E-state index >= 15 is 0 Å². The minimum absolute atomic E-state index is 0.250. The van der Waals surface area contributed by atoms with Crippen LogP contribution in [0, 0.1) is 0 Å². The van der Waals surface area contributed by atoms with Crippen molar-refractivity contribution in [2.24, 2.45) is 0 Å². The molecule has 1 atom stereocenters. The van der Waals surface area contributed by atoms with Gasteiger partial charge in [0.25, 0.3) is 0 Å². The lowest BCUT2D eigenvalue weighted by molar-refractivity contribution is -0.157. The molecule has 0 aliphatic carbocycles. The third kappa shape index (κ3) is 6.42.